The number of halogens is 1. The number of rotatable bonds is 5. The van der Waals surface area contributed by atoms with Crippen LogP contribution in [0, 0.1) is 20.8 Å². The van der Waals surface area contributed by atoms with Crippen LogP contribution < -0.4 is 10.1 Å². The first-order valence-electron chi connectivity index (χ1n) is 7.76. The summed E-state index contributed by atoms with van der Waals surface area (Å²) in [5, 5.41) is 10.4. The van der Waals surface area contributed by atoms with Crippen molar-refractivity contribution in [1.29, 1.82) is 0 Å². The monoisotopic (exact) mass is 350 g/mol. The van der Waals surface area contributed by atoms with E-state index in [4.69, 9.17) is 16.3 Å². The van der Waals surface area contributed by atoms with Crippen molar-refractivity contribution >= 4 is 17.5 Å². The summed E-state index contributed by atoms with van der Waals surface area (Å²) in [6.45, 7) is 10.9. The van der Waals surface area contributed by atoms with Crippen molar-refractivity contribution in [2.45, 2.75) is 53.2 Å². The maximum absolute atomic E-state index is 12.6. The number of amides is 1. The summed E-state index contributed by atoms with van der Waals surface area (Å²) in [4.78, 5) is 16.8. The molecule has 0 radical (unpaired) electrons. The molecule has 1 atom stereocenters. The summed E-state index contributed by atoms with van der Waals surface area (Å²) in [7, 11) is 0. The molecule has 6 nitrogen and oxygen atoms in total. The minimum atomic E-state index is -1.05. The van der Waals surface area contributed by atoms with Crippen LogP contribution in [0.4, 0.5) is 0 Å². The molecule has 0 aliphatic rings. The fourth-order valence-corrected chi connectivity index (χ4v) is 2.40. The van der Waals surface area contributed by atoms with Gasteiger partial charge in [-0.2, -0.15) is 5.10 Å². The van der Waals surface area contributed by atoms with E-state index in [0.29, 0.717) is 22.4 Å². The number of nitrogens with one attached hydrogen (secondary N) is 2. The molecule has 2 N–H and O–H groups in total. The van der Waals surface area contributed by atoms with Gasteiger partial charge in [0.2, 0.25) is 0 Å². The van der Waals surface area contributed by atoms with Gasteiger partial charge < -0.3 is 10.1 Å². The second-order valence-corrected chi connectivity index (χ2v) is 6.84. The van der Waals surface area contributed by atoms with Gasteiger partial charge >= 0.3 is 0 Å². The van der Waals surface area contributed by atoms with Crippen LogP contribution in [0.5, 0.6) is 5.75 Å². The second kappa shape index (κ2) is 6.81. The number of ether oxygens (including phenoxy) is 1. The third-order valence-corrected chi connectivity index (χ3v) is 4.28. The standard InChI is InChI=1S/C17H23ClN4O2/c1-9-7-13(8-10(2)14(9)18)24-17(5,6)16(23)19-11(3)15-20-12(4)21-22-15/h7-8,11H,1-6H3,(H,19,23)(H,20,21,22). The van der Waals surface area contributed by atoms with Crippen LogP contribution >= 0.6 is 11.6 Å². The quantitative estimate of drug-likeness (QED) is 0.865. The summed E-state index contributed by atoms with van der Waals surface area (Å²) in [5.74, 6) is 1.60. The summed E-state index contributed by atoms with van der Waals surface area (Å²) in [5.41, 5.74) is 0.770. The minimum Gasteiger partial charge on any atom is -0.478 e. The van der Waals surface area contributed by atoms with Crippen LogP contribution in [0.2, 0.25) is 5.02 Å². The number of nitrogens with zero attached hydrogens (tertiary/aromatic N) is 2. The number of H-pyrrole nitrogens is 1. The maximum Gasteiger partial charge on any atom is 0.264 e. The molecule has 130 valence electrons. The molecule has 2 aromatic rings. The first-order valence-corrected chi connectivity index (χ1v) is 8.13. The number of hydrogen-bond donors (Lipinski definition) is 2. The van der Waals surface area contributed by atoms with E-state index in [0.717, 1.165) is 11.1 Å². The number of hydrogen-bond acceptors (Lipinski definition) is 4. The summed E-state index contributed by atoms with van der Waals surface area (Å²) < 4.78 is 5.90. The average Bonchev–Trinajstić information content (AvgIpc) is 2.91. The van der Waals surface area contributed by atoms with Gasteiger partial charge in [-0.3, -0.25) is 9.89 Å². The van der Waals surface area contributed by atoms with Gasteiger partial charge in [0.15, 0.2) is 11.4 Å². The minimum absolute atomic E-state index is 0.247. The molecule has 1 aromatic carbocycles. The highest BCUT2D eigenvalue weighted by Crippen LogP contribution is 2.28. The Balaban J connectivity index is 2.10. The van der Waals surface area contributed by atoms with E-state index in [-0.39, 0.29) is 11.9 Å². The molecule has 0 saturated carbocycles. The Labute approximate surface area is 147 Å². The number of aromatic amines is 1. The molecule has 1 heterocycles. The molecule has 0 aliphatic carbocycles. The lowest BCUT2D eigenvalue weighted by atomic mass is 10.1. The fraction of sp³-hybridized carbons (Fsp3) is 0.471. The first-order chi connectivity index (χ1) is 11.1. The van der Waals surface area contributed by atoms with Gasteiger partial charge in [0.1, 0.15) is 11.6 Å². The Hall–Kier alpha value is -2.08. The molecule has 1 aromatic heterocycles. The molecule has 7 heteroatoms. The highest BCUT2D eigenvalue weighted by Gasteiger charge is 2.32. The largest absolute Gasteiger partial charge is 0.478 e. The number of aryl methyl sites for hydroxylation is 3. The normalized spacial score (nSPS) is 12.8. The van der Waals surface area contributed by atoms with E-state index >= 15 is 0 Å². The number of aromatic nitrogens is 3. The molecule has 2 rings (SSSR count). The predicted molar refractivity (Wildman–Crippen MR) is 93.3 cm³/mol. The van der Waals surface area contributed by atoms with Gasteiger partial charge in [0.25, 0.3) is 5.91 Å². The van der Waals surface area contributed by atoms with E-state index in [2.05, 4.69) is 20.5 Å². The molecule has 24 heavy (non-hydrogen) atoms. The van der Waals surface area contributed by atoms with Crippen molar-refractivity contribution in [2.24, 2.45) is 0 Å². The van der Waals surface area contributed by atoms with Crippen LogP contribution in [0.15, 0.2) is 12.1 Å². The van der Waals surface area contributed by atoms with Crippen molar-refractivity contribution in [3.05, 3.63) is 39.9 Å². The molecular weight excluding hydrogens is 328 g/mol. The first kappa shape index (κ1) is 18.3. The van der Waals surface area contributed by atoms with Crippen molar-refractivity contribution in [3.63, 3.8) is 0 Å². The Bertz CT molecular complexity index is 732. The zero-order chi connectivity index (χ0) is 18.1. The Kier molecular flexibility index (Phi) is 5.18. The lowest BCUT2D eigenvalue weighted by molar-refractivity contribution is -0.135. The molecule has 0 spiro atoms. The Morgan fingerprint density at radius 1 is 1.29 bits per heavy atom. The van der Waals surface area contributed by atoms with Gasteiger partial charge in [-0.05, 0) is 64.8 Å². The lowest BCUT2D eigenvalue weighted by Gasteiger charge is -2.27. The van der Waals surface area contributed by atoms with E-state index in [1.165, 1.54) is 0 Å². The number of carbonyl (C=O) groups is 1. The second-order valence-electron chi connectivity index (χ2n) is 6.46. The Morgan fingerprint density at radius 2 is 1.88 bits per heavy atom. The molecule has 1 amide bonds. The summed E-state index contributed by atoms with van der Waals surface area (Å²) in [6.07, 6.45) is 0. The van der Waals surface area contributed by atoms with E-state index in [1.807, 2.05) is 39.8 Å². The van der Waals surface area contributed by atoms with Gasteiger partial charge in [-0.25, -0.2) is 4.98 Å². The fourth-order valence-electron chi connectivity index (χ4n) is 2.29. The van der Waals surface area contributed by atoms with Crippen LogP contribution in [-0.4, -0.2) is 26.7 Å². The van der Waals surface area contributed by atoms with E-state index in [1.54, 1.807) is 13.8 Å². The summed E-state index contributed by atoms with van der Waals surface area (Å²) >= 11 is 6.17. The topological polar surface area (TPSA) is 79.9 Å². The molecule has 0 bridgehead atoms. The van der Waals surface area contributed by atoms with Crippen molar-refractivity contribution in [2.75, 3.05) is 0 Å². The van der Waals surface area contributed by atoms with Crippen LogP contribution in [-0.2, 0) is 4.79 Å². The molecule has 1 unspecified atom stereocenters. The van der Waals surface area contributed by atoms with Crippen molar-refractivity contribution in [1.82, 2.24) is 20.5 Å². The SMILES string of the molecule is Cc1nc(C(C)NC(=O)C(C)(C)Oc2cc(C)c(Cl)c(C)c2)n[nH]1. The molecule has 0 fully saturated rings. The average molecular weight is 351 g/mol. The smallest absolute Gasteiger partial charge is 0.264 e. The maximum atomic E-state index is 12.6. The van der Waals surface area contributed by atoms with Crippen LogP contribution in [0.1, 0.15) is 49.6 Å². The van der Waals surface area contributed by atoms with Gasteiger partial charge in [0, 0.05) is 5.02 Å². The van der Waals surface area contributed by atoms with Crippen LogP contribution in [0.3, 0.4) is 0 Å². The zero-order valence-electron chi connectivity index (χ0n) is 14.8. The molecule has 0 saturated heterocycles. The highest BCUT2D eigenvalue weighted by molar-refractivity contribution is 6.32. The van der Waals surface area contributed by atoms with Crippen molar-refractivity contribution in [3.8, 4) is 5.75 Å². The highest BCUT2D eigenvalue weighted by atomic mass is 35.5. The van der Waals surface area contributed by atoms with Gasteiger partial charge in [-0.15, -0.1) is 0 Å². The third kappa shape index (κ3) is 4.06. The number of carbonyl (C=O) groups excluding carboxylic acids is 1. The number of benzene rings is 1. The summed E-state index contributed by atoms with van der Waals surface area (Å²) in [6, 6.07) is 3.33. The third-order valence-electron chi connectivity index (χ3n) is 3.68. The van der Waals surface area contributed by atoms with Gasteiger partial charge in [-0.1, -0.05) is 11.6 Å². The Morgan fingerprint density at radius 3 is 2.38 bits per heavy atom. The van der Waals surface area contributed by atoms with E-state index in [9.17, 15) is 4.79 Å². The van der Waals surface area contributed by atoms with E-state index < -0.39 is 5.60 Å². The van der Waals surface area contributed by atoms with Gasteiger partial charge in [0.05, 0.1) is 6.04 Å². The zero-order valence-corrected chi connectivity index (χ0v) is 15.6. The predicted octanol–water partition coefficient (Wildman–Crippen LogP) is 3.42. The lowest BCUT2D eigenvalue weighted by Crippen LogP contribution is -2.47. The van der Waals surface area contributed by atoms with Crippen molar-refractivity contribution < 1.29 is 9.53 Å². The molecular formula is C17H23ClN4O2. The van der Waals surface area contributed by atoms with Crippen LogP contribution in [0.25, 0.3) is 0 Å². The molecule has 0 aliphatic heterocycles.